The molecule has 3 rings (SSSR count). The van der Waals surface area contributed by atoms with Gasteiger partial charge in [-0.1, -0.05) is 11.3 Å². The van der Waals surface area contributed by atoms with E-state index >= 15 is 0 Å². The number of nitrogens with zero attached hydrogens (tertiary/aromatic N) is 2. The summed E-state index contributed by atoms with van der Waals surface area (Å²) in [5.41, 5.74) is 0.526. The molecule has 6 heteroatoms. The molecule has 3 nitrogen and oxygen atoms in total. The van der Waals surface area contributed by atoms with E-state index in [4.69, 9.17) is 0 Å². The zero-order valence-electron chi connectivity index (χ0n) is 10.8. The number of thiazole rings is 1. The summed E-state index contributed by atoms with van der Waals surface area (Å²) in [7, 11) is 0. The minimum atomic E-state index is -0.841. The monoisotopic (exact) mass is 283 g/mol. The highest BCUT2D eigenvalue weighted by Gasteiger charge is 2.23. The van der Waals surface area contributed by atoms with Gasteiger partial charge >= 0.3 is 0 Å². The molecule has 1 aliphatic rings. The lowest BCUT2D eigenvalue weighted by atomic mass is 10.2. The molecule has 1 aromatic heterocycles. The van der Waals surface area contributed by atoms with E-state index in [0.717, 1.165) is 18.2 Å². The fourth-order valence-electron chi connectivity index (χ4n) is 2.53. The summed E-state index contributed by atoms with van der Waals surface area (Å²) in [5.74, 6) is -1.66. The SMILES string of the molecule is C[C@@H]1CN(c2nc3cc(F)c(F)cc3s2)C[C@H](C)N1. The maximum atomic E-state index is 13.2. The zero-order chi connectivity index (χ0) is 13.6. The van der Waals surface area contributed by atoms with Gasteiger partial charge in [0.15, 0.2) is 16.8 Å². The molecule has 19 heavy (non-hydrogen) atoms. The molecule has 1 saturated heterocycles. The Bertz CT molecular complexity index is 564. The molecule has 102 valence electrons. The lowest BCUT2D eigenvalue weighted by molar-refractivity contribution is 0.407. The average Bonchev–Trinajstić information content (AvgIpc) is 2.71. The highest BCUT2D eigenvalue weighted by atomic mass is 32.1. The van der Waals surface area contributed by atoms with Gasteiger partial charge in [0.05, 0.1) is 10.2 Å². The van der Waals surface area contributed by atoms with Gasteiger partial charge in [-0.05, 0) is 19.9 Å². The summed E-state index contributed by atoms with van der Waals surface area (Å²) in [4.78, 5) is 6.59. The lowest BCUT2D eigenvalue weighted by Crippen LogP contribution is -2.54. The zero-order valence-corrected chi connectivity index (χ0v) is 11.6. The van der Waals surface area contributed by atoms with Gasteiger partial charge in [-0.15, -0.1) is 0 Å². The van der Waals surface area contributed by atoms with Crippen LogP contribution in [-0.2, 0) is 0 Å². The minimum absolute atomic E-state index is 0.379. The molecule has 0 bridgehead atoms. The maximum absolute atomic E-state index is 13.2. The van der Waals surface area contributed by atoms with Crippen LogP contribution in [0.3, 0.4) is 0 Å². The number of piperazine rings is 1. The number of halogens is 2. The van der Waals surface area contributed by atoms with E-state index in [2.05, 4.69) is 29.0 Å². The molecule has 1 aromatic carbocycles. The third kappa shape index (κ3) is 2.42. The van der Waals surface area contributed by atoms with Gasteiger partial charge in [0.25, 0.3) is 0 Å². The second-order valence-corrected chi connectivity index (χ2v) is 6.11. The Morgan fingerprint density at radius 3 is 2.53 bits per heavy atom. The Hall–Kier alpha value is -1.27. The van der Waals surface area contributed by atoms with Crippen LogP contribution in [0.4, 0.5) is 13.9 Å². The van der Waals surface area contributed by atoms with Gasteiger partial charge in [-0.2, -0.15) is 0 Å². The van der Waals surface area contributed by atoms with Gasteiger partial charge in [0.2, 0.25) is 0 Å². The van der Waals surface area contributed by atoms with Crippen molar-refractivity contribution < 1.29 is 8.78 Å². The summed E-state index contributed by atoms with van der Waals surface area (Å²) >= 11 is 1.41. The topological polar surface area (TPSA) is 28.2 Å². The van der Waals surface area contributed by atoms with Crippen molar-refractivity contribution in [3.05, 3.63) is 23.8 Å². The van der Waals surface area contributed by atoms with Crippen LogP contribution in [0, 0.1) is 11.6 Å². The predicted molar refractivity (Wildman–Crippen MR) is 73.8 cm³/mol. The Morgan fingerprint density at radius 1 is 1.21 bits per heavy atom. The van der Waals surface area contributed by atoms with Crippen molar-refractivity contribution in [1.82, 2.24) is 10.3 Å². The number of hydrogen-bond donors (Lipinski definition) is 1. The van der Waals surface area contributed by atoms with E-state index in [1.54, 1.807) is 0 Å². The van der Waals surface area contributed by atoms with Crippen LogP contribution < -0.4 is 10.2 Å². The van der Waals surface area contributed by atoms with Crippen LogP contribution in [0.2, 0.25) is 0 Å². The molecule has 2 atom stereocenters. The molecule has 0 amide bonds. The first kappa shape index (κ1) is 12.7. The van der Waals surface area contributed by atoms with Crippen molar-refractivity contribution in [2.75, 3.05) is 18.0 Å². The summed E-state index contributed by atoms with van der Waals surface area (Å²) in [6.45, 7) is 5.95. The van der Waals surface area contributed by atoms with Crippen LogP contribution in [0.5, 0.6) is 0 Å². The van der Waals surface area contributed by atoms with Crippen LogP contribution in [0.1, 0.15) is 13.8 Å². The smallest absolute Gasteiger partial charge is 0.186 e. The molecule has 0 saturated carbocycles. The van der Waals surface area contributed by atoms with Gasteiger partial charge < -0.3 is 10.2 Å². The highest BCUT2D eigenvalue weighted by Crippen LogP contribution is 2.31. The third-order valence-corrected chi connectivity index (χ3v) is 4.33. The van der Waals surface area contributed by atoms with Crippen molar-refractivity contribution in [2.45, 2.75) is 25.9 Å². The largest absolute Gasteiger partial charge is 0.345 e. The van der Waals surface area contributed by atoms with E-state index in [0.29, 0.717) is 22.3 Å². The minimum Gasteiger partial charge on any atom is -0.345 e. The number of fused-ring (bicyclic) bond motifs is 1. The summed E-state index contributed by atoms with van der Waals surface area (Å²) < 4.78 is 27.1. The maximum Gasteiger partial charge on any atom is 0.186 e. The third-order valence-electron chi connectivity index (χ3n) is 3.25. The molecule has 0 radical (unpaired) electrons. The number of hydrogen-bond acceptors (Lipinski definition) is 4. The second kappa shape index (κ2) is 4.68. The van der Waals surface area contributed by atoms with Crippen LogP contribution >= 0.6 is 11.3 Å². The van der Waals surface area contributed by atoms with Crippen LogP contribution in [-0.4, -0.2) is 30.2 Å². The second-order valence-electron chi connectivity index (χ2n) is 5.10. The number of anilines is 1. The molecule has 1 N–H and O–H groups in total. The molecule has 0 unspecified atom stereocenters. The van der Waals surface area contributed by atoms with Crippen LogP contribution in [0.15, 0.2) is 12.1 Å². The molecule has 2 aromatic rings. The first-order valence-electron chi connectivity index (χ1n) is 6.29. The molecule has 0 aliphatic carbocycles. The van der Waals surface area contributed by atoms with Crippen LogP contribution in [0.25, 0.3) is 10.2 Å². The molecule has 1 fully saturated rings. The Kier molecular flexibility index (Phi) is 3.14. The summed E-state index contributed by atoms with van der Waals surface area (Å²) in [6, 6.07) is 3.15. The normalized spacial score (nSPS) is 24.1. The summed E-state index contributed by atoms with van der Waals surface area (Å²) in [5, 5.41) is 4.28. The number of aromatic nitrogens is 1. The fourth-order valence-corrected chi connectivity index (χ4v) is 3.52. The lowest BCUT2D eigenvalue weighted by Gasteiger charge is -2.35. The molecule has 2 heterocycles. The van der Waals surface area contributed by atoms with Gasteiger partial charge in [0.1, 0.15) is 0 Å². The average molecular weight is 283 g/mol. The highest BCUT2D eigenvalue weighted by molar-refractivity contribution is 7.22. The number of rotatable bonds is 1. The molecular weight excluding hydrogens is 268 g/mol. The number of nitrogens with one attached hydrogen (secondary N) is 1. The first-order chi connectivity index (χ1) is 9.02. The van der Waals surface area contributed by atoms with Crippen molar-refractivity contribution in [3.63, 3.8) is 0 Å². The van der Waals surface area contributed by atoms with E-state index in [1.807, 2.05) is 0 Å². The van der Waals surface area contributed by atoms with E-state index in [1.165, 1.54) is 23.5 Å². The van der Waals surface area contributed by atoms with Crippen molar-refractivity contribution >= 4 is 26.7 Å². The van der Waals surface area contributed by atoms with E-state index in [9.17, 15) is 8.78 Å². The predicted octanol–water partition coefficient (Wildman–Crippen LogP) is 2.76. The number of benzene rings is 1. The Morgan fingerprint density at radius 2 is 1.84 bits per heavy atom. The van der Waals surface area contributed by atoms with Gasteiger partial charge in [-0.25, -0.2) is 13.8 Å². The Labute approximate surface area is 114 Å². The first-order valence-corrected chi connectivity index (χ1v) is 7.11. The van der Waals surface area contributed by atoms with Crippen molar-refractivity contribution in [1.29, 1.82) is 0 Å². The quantitative estimate of drug-likeness (QED) is 0.872. The van der Waals surface area contributed by atoms with E-state index in [-0.39, 0.29) is 0 Å². The van der Waals surface area contributed by atoms with Gasteiger partial charge in [-0.3, -0.25) is 0 Å². The van der Waals surface area contributed by atoms with E-state index < -0.39 is 11.6 Å². The standard InChI is InChI=1S/C13H15F2N3S/c1-7-5-18(6-8(2)16-7)13-17-11-3-9(14)10(15)4-12(11)19-13/h3-4,7-8,16H,5-6H2,1-2H3/t7-,8+. The fraction of sp³-hybridized carbons (Fsp3) is 0.462. The molecule has 1 aliphatic heterocycles. The molecule has 0 spiro atoms. The van der Waals surface area contributed by atoms with Gasteiger partial charge in [0, 0.05) is 31.2 Å². The summed E-state index contributed by atoms with van der Waals surface area (Å²) in [6.07, 6.45) is 0. The molecular formula is C13H15F2N3S. The van der Waals surface area contributed by atoms with Crippen molar-refractivity contribution in [2.24, 2.45) is 0 Å². The Balaban J connectivity index is 1.96. The van der Waals surface area contributed by atoms with Crippen molar-refractivity contribution in [3.8, 4) is 0 Å².